The van der Waals surface area contributed by atoms with Crippen LogP contribution in [0.4, 0.5) is 5.69 Å². The van der Waals surface area contributed by atoms with Gasteiger partial charge in [0.1, 0.15) is 5.56 Å². The Bertz CT molecular complexity index is 612. The number of nitrogens with zero attached hydrogens (tertiary/aromatic N) is 2. The normalized spacial score (nSPS) is 14.7. The smallest absolute Gasteiger partial charge is 0.274 e. The second-order valence-corrected chi connectivity index (χ2v) is 5.79. The molecule has 0 unspecified atom stereocenters. The van der Waals surface area contributed by atoms with E-state index in [1.54, 1.807) is 0 Å². The minimum Gasteiger partial charge on any atom is -0.274 e. The molecule has 1 aliphatic rings. The molecule has 0 N–H and O–H groups in total. The molecule has 1 aliphatic heterocycles. The third kappa shape index (κ3) is 2.29. The van der Waals surface area contributed by atoms with Crippen LogP contribution in [0.3, 0.4) is 0 Å². The molecule has 2 rings (SSSR count). The fourth-order valence-corrected chi connectivity index (χ4v) is 2.19. The number of imide groups is 1. The third-order valence-corrected chi connectivity index (χ3v) is 4.04. The lowest BCUT2D eigenvalue weighted by Gasteiger charge is -2.27. The molecule has 7 heteroatoms. The van der Waals surface area contributed by atoms with Crippen molar-refractivity contribution in [2.45, 2.75) is 13.8 Å². The molecular weight excluding hydrogens is 280 g/mol. The van der Waals surface area contributed by atoms with E-state index in [1.807, 2.05) is 13.8 Å². The van der Waals surface area contributed by atoms with E-state index in [-0.39, 0.29) is 28.8 Å². The number of nitro benzene ring substituents is 1. The third-order valence-electron chi connectivity index (χ3n) is 3.19. The first-order valence-electron chi connectivity index (χ1n) is 6.03. The lowest BCUT2D eigenvalue weighted by atomic mass is 9.95. The van der Waals surface area contributed by atoms with Gasteiger partial charge in [0.15, 0.2) is 0 Å². The van der Waals surface area contributed by atoms with Crippen LogP contribution in [0.2, 0.25) is 0 Å². The fourth-order valence-electron chi connectivity index (χ4n) is 2.09. The van der Waals surface area contributed by atoms with Gasteiger partial charge in [-0.25, -0.2) is 0 Å². The molecule has 106 valence electrons. The minimum atomic E-state index is -0.642. The first kappa shape index (κ1) is 14.5. The first-order chi connectivity index (χ1) is 9.28. The molecule has 0 bridgehead atoms. The molecule has 0 aliphatic carbocycles. The Morgan fingerprint density at radius 3 is 2.50 bits per heavy atom. The van der Waals surface area contributed by atoms with E-state index < -0.39 is 16.7 Å². The van der Waals surface area contributed by atoms with Crippen molar-refractivity contribution in [3.63, 3.8) is 0 Å². The van der Waals surface area contributed by atoms with Gasteiger partial charge < -0.3 is 0 Å². The maximum Gasteiger partial charge on any atom is 0.282 e. The zero-order chi connectivity index (χ0) is 15.1. The highest BCUT2D eigenvalue weighted by atomic mass is 32.1. The van der Waals surface area contributed by atoms with Crippen LogP contribution in [0.25, 0.3) is 0 Å². The highest BCUT2D eigenvalue weighted by Gasteiger charge is 2.42. The molecule has 1 aromatic carbocycles. The van der Waals surface area contributed by atoms with Crippen molar-refractivity contribution in [3.05, 3.63) is 39.4 Å². The summed E-state index contributed by atoms with van der Waals surface area (Å²) in [7, 11) is 0. The molecule has 0 fully saturated rings. The average Bonchev–Trinajstić information content (AvgIpc) is 2.64. The quantitative estimate of drug-likeness (QED) is 0.399. The molecule has 0 radical (unpaired) electrons. The van der Waals surface area contributed by atoms with Crippen molar-refractivity contribution >= 4 is 30.1 Å². The maximum absolute atomic E-state index is 12.3. The summed E-state index contributed by atoms with van der Waals surface area (Å²) in [5.41, 5.74) is -0.700. The van der Waals surface area contributed by atoms with E-state index >= 15 is 0 Å². The van der Waals surface area contributed by atoms with Crippen molar-refractivity contribution in [1.29, 1.82) is 0 Å². The summed E-state index contributed by atoms with van der Waals surface area (Å²) in [5, 5.41) is 11.0. The number of benzene rings is 1. The van der Waals surface area contributed by atoms with Crippen molar-refractivity contribution in [2.24, 2.45) is 5.41 Å². The summed E-state index contributed by atoms with van der Waals surface area (Å²) in [6, 6.07) is 4.09. The predicted octanol–water partition coefficient (Wildman–Crippen LogP) is 2.15. The van der Waals surface area contributed by atoms with Crippen LogP contribution in [-0.2, 0) is 0 Å². The van der Waals surface area contributed by atoms with Crippen LogP contribution in [0.5, 0.6) is 0 Å². The Morgan fingerprint density at radius 1 is 1.30 bits per heavy atom. The number of hydrogen-bond donors (Lipinski definition) is 1. The zero-order valence-electron chi connectivity index (χ0n) is 11.1. The summed E-state index contributed by atoms with van der Waals surface area (Å²) >= 11 is 4.19. The predicted molar refractivity (Wildman–Crippen MR) is 76.1 cm³/mol. The molecule has 0 saturated carbocycles. The Morgan fingerprint density at radius 2 is 1.95 bits per heavy atom. The van der Waals surface area contributed by atoms with E-state index in [4.69, 9.17) is 0 Å². The Labute approximate surface area is 121 Å². The highest BCUT2D eigenvalue weighted by molar-refractivity contribution is 7.80. The van der Waals surface area contributed by atoms with Crippen molar-refractivity contribution in [1.82, 2.24) is 4.90 Å². The van der Waals surface area contributed by atoms with Crippen LogP contribution >= 0.6 is 12.6 Å². The van der Waals surface area contributed by atoms with Gasteiger partial charge in [0.25, 0.3) is 17.5 Å². The lowest BCUT2D eigenvalue weighted by molar-refractivity contribution is -0.385. The number of amides is 2. The van der Waals surface area contributed by atoms with Gasteiger partial charge in [0.2, 0.25) is 0 Å². The Kier molecular flexibility index (Phi) is 3.56. The van der Waals surface area contributed by atoms with Crippen molar-refractivity contribution in [3.8, 4) is 0 Å². The first-order valence-corrected chi connectivity index (χ1v) is 6.66. The van der Waals surface area contributed by atoms with Gasteiger partial charge >= 0.3 is 0 Å². The Hall–Kier alpha value is -1.89. The number of nitro groups is 1. The number of thiol groups is 1. The van der Waals surface area contributed by atoms with E-state index in [0.29, 0.717) is 5.75 Å². The van der Waals surface area contributed by atoms with Crippen molar-refractivity contribution < 1.29 is 14.5 Å². The average molecular weight is 294 g/mol. The van der Waals surface area contributed by atoms with Gasteiger partial charge in [0.05, 0.1) is 10.5 Å². The van der Waals surface area contributed by atoms with Gasteiger partial charge in [-0.05, 0) is 17.2 Å². The van der Waals surface area contributed by atoms with Gasteiger partial charge in [0, 0.05) is 12.6 Å². The maximum atomic E-state index is 12.3. The standard InChI is InChI=1S/C13H14N2O4S/c1-13(2,7-20)6-14-11(16)8-4-3-5-9(15(18)19)10(8)12(14)17/h3-5,20H,6-7H2,1-2H3. The van der Waals surface area contributed by atoms with Crippen LogP contribution in [0, 0.1) is 15.5 Å². The minimum absolute atomic E-state index is 0.0964. The number of fused-ring (bicyclic) bond motifs is 1. The number of hydrogen-bond acceptors (Lipinski definition) is 5. The van der Waals surface area contributed by atoms with Gasteiger partial charge in [-0.15, -0.1) is 0 Å². The summed E-state index contributed by atoms with van der Waals surface area (Å²) < 4.78 is 0. The van der Waals surface area contributed by atoms with E-state index in [9.17, 15) is 19.7 Å². The molecular formula is C13H14N2O4S. The Balaban J connectivity index is 2.46. The molecule has 0 aromatic heterocycles. The molecule has 6 nitrogen and oxygen atoms in total. The van der Waals surface area contributed by atoms with Crippen molar-refractivity contribution in [2.75, 3.05) is 12.3 Å². The fraction of sp³-hybridized carbons (Fsp3) is 0.385. The van der Waals surface area contributed by atoms with E-state index in [2.05, 4.69) is 12.6 Å². The largest absolute Gasteiger partial charge is 0.282 e. The van der Waals surface area contributed by atoms with Crippen LogP contribution < -0.4 is 0 Å². The van der Waals surface area contributed by atoms with E-state index in [1.165, 1.54) is 18.2 Å². The second-order valence-electron chi connectivity index (χ2n) is 5.48. The van der Waals surface area contributed by atoms with E-state index in [0.717, 1.165) is 4.90 Å². The molecule has 1 aromatic rings. The summed E-state index contributed by atoms with van der Waals surface area (Å²) in [6.07, 6.45) is 0. The molecule has 20 heavy (non-hydrogen) atoms. The topological polar surface area (TPSA) is 80.5 Å². The number of carbonyl (C=O) groups excluding carboxylic acids is 2. The molecule has 0 saturated heterocycles. The second kappa shape index (κ2) is 4.90. The zero-order valence-corrected chi connectivity index (χ0v) is 12.0. The summed E-state index contributed by atoms with van der Waals surface area (Å²) in [5.74, 6) is -0.599. The number of rotatable bonds is 4. The van der Waals surface area contributed by atoms with Crippen LogP contribution in [-0.4, -0.2) is 33.9 Å². The lowest BCUT2D eigenvalue weighted by Crippen LogP contribution is -2.39. The number of carbonyl (C=O) groups is 2. The summed E-state index contributed by atoms with van der Waals surface area (Å²) in [6.45, 7) is 3.93. The molecule has 0 spiro atoms. The molecule has 1 heterocycles. The van der Waals surface area contributed by atoms with Crippen LogP contribution in [0.15, 0.2) is 18.2 Å². The van der Waals surface area contributed by atoms with Gasteiger partial charge in [-0.1, -0.05) is 19.9 Å². The van der Waals surface area contributed by atoms with Gasteiger partial charge in [-0.2, -0.15) is 12.6 Å². The molecule has 0 atom stereocenters. The monoisotopic (exact) mass is 294 g/mol. The van der Waals surface area contributed by atoms with Crippen LogP contribution in [0.1, 0.15) is 34.6 Å². The SMILES string of the molecule is CC(C)(CS)CN1C(=O)c2cccc([N+](=O)[O-])c2C1=O. The highest BCUT2D eigenvalue weighted by Crippen LogP contribution is 2.32. The summed E-state index contributed by atoms with van der Waals surface area (Å²) in [4.78, 5) is 35.9. The van der Waals surface area contributed by atoms with Gasteiger partial charge in [-0.3, -0.25) is 24.6 Å². The molecule has 2 amide bonds.